The summed E-state index contributed by atoms with van der Waals surface area (Å²) in [5.74, 6) is -7.39. The van der Waals surface area contributed by atoms with Crippen molar-refractivity contribution in [3.05, 3.63) is 77.6 Å². The smallest absolute Gasteiger partial charge is 0.253 e. The van der Waals surface area contributed by atoms with Gasteiger partial charge in [0.25, 0.3) is 11.9 Å². The van der Waals surface area contributed by atoms with Crippen molar-refractivity contribution in [2.24, 2.45) is 0 Å². The molecule has 2 aromatic heterocycles. The number of ether oxygens (including phenoxy) is 1. The number of benzene rings is 1. The van der Waals surface area contributed by atoms with Gasteiger partial charge in [0.2, 0.25) is 11.6 Å². The molecule has 1 N–H and O–H groups in total. The number of nitrogens with zero attached hydrogens (tertiary/aromatic N) is 2. The number of anilines is 1. The minimum Gasteiger partial charge on any atom is -0.453 e. The molecule has 9 heteroatoms. The Kier molecular flexibility index (Phi) is 4.97. The van der Waals surface area contributed by atoms with Crippen molar-refractivity contribution < 1.29 is 26.7 Å². The molecule has 0 aliphatic carbocycles. The lowest BCUT2D eigenvalue weighted by Gasteiger charge is -2.11. The van der Waals surface area contributed by atoms with Crippen molar-refractivity contribution in [1.29, 1.82) is 0 Å². The van der Waals surface area contributed by atoms with Crippen LogP contribution in [0.4, 0.5) is 27.6 Å². The van der Waals surface area contributed by atoms with E-state index in [-0.39, 0.29) is 17.9 Å². The summed E-state index contributed by atoms with van der Waals surface area (Å²) in [6, 6.07) is 6.98. The van der Waals surface area contributed by atoms with Gasteiger partial charge in [-0.1, -0.05) is 6.07 Å². The fraction of sp³-hybridized carbons (Fsp3) is 0.0588. The average Bonchev–Trinajstić information content (AvgIpc) is 2.63. The summed E-state index contributed by atoms with van der Waals surface area (Å²) in [7, 11) is 0. The normalized spacial score (nSPS) is 10.7. The third-order valence-electron chi connectivity index (χ3n) is 3.33. The molecule has 0 bridgehead atoms. The van der Waals surface area contributed by atoms with Crippen LogP contribution in [0.25, 0.3) is 0 Å². The van der Waals surface area contributed by atoms with E-state index in [0.717, 1.165) is 6.07 Å². The third kappa shape index (κ3) is 3.71. The SMILES string of the molecule is Fc1cc(CNc2c(F)c(F)nc(F)c2F)ccc1Oc1cccnc1. The van der Waals surface area contributed by atoms with Crippen LogP contribution < -0.4 is 10.1 Å². The Morgan fingerprint density at radius 1 is 0.962 bits per heavy atom. The molecule has 0 aliphatic rings. The zero-order valence-corrected chi connectivity index (χ0v) is 12.9. The van der Waals surface area contributed by atoms with Crippen LogP contribution in [0.3, 0.4) is 0 Å². The Balaban J connectivity index is 1.75. The van der Waals surface area contributed by atoms with E-state index in [9.17, 15) is 22.0 Å². The number of hydrogen-bond acceptors (Lipinski definition) is 4. The summed E-state index contributed by atoms with van der Waals surface area (Å²) in [5, 5.41) is 2.19. The number of rotatable bonds is 5. The van der Waals surface area contributed by atoms with Gasteiger partial charge in [0.15, 0.2) is 11.6 Å². The molecular weight excluding hydrogens is 357 g/mol. The predicted molar refractivity (Wildman–Crippen MR) is 82.1 cm³/mol. The predicted octanol–water partition coefficient (Wildman–Crippen LogP) is 4.58. The monoisotopic (exact) mass is 367 g/mol. The van der Waals surface area contributed by atoms with Crippen molar-refractivity contribution in [2.75, 3.05) is 5.32 Å². The molecule has 3 aromatic rings. The van der Waals surface area contributed by atoms with E-state index in [1.807, 2.05) is 0 Å². The van der Waals surface area contributed by atoms with Gasteiger partial charge in [-0.2, -0.15) is 22.5 Å². The van der Waals surface area contributed by atoms with Gasteiger partial charge in [-0.15, -0.1) is 0 Å². The standard InChI is InChI=1S/C17H10F5N3O/c18-11-6-9(3-4-12(11)26-10-2-1-5-23-8-10)7-24-15-13(19)16(21)25-17(22)14(15)20/h1-6,8H,7H2,(H,24,25). The maximum Gasteiger partial charge on any atom is 0.253 e. The summed E-state index contributed by atoms with van der Waals surface area (Å²) in [6.45, 7) is -0.291. The first kappa shape index (κ1) is 17.6. The molecule has 1 aromatic carbocycles. The highest BCUT2D eigenvalue weighted by Crippen LogP contribution is 2.26. The van der Waals surface area contributed by atoms with E-state index in [1.54, 1.807) is 12.1 Å². The topological polar surface area (TPSA) is 47.0 Å². The first-order valence-corrected chi connectivity index (χ1v) is 7.26. The summed E-state index contributed by atoms with van der Waals surface area (Å²) in [6.07, 6.45) is 2.92. The van der Waals surface area contributed by atoms with Gasteiger partial charge in [0.1, 0.15) is 11.4 Å². The van der Waals surface area contributed by atoms with Gasteiger partial charge in [-0.3, -0.25) is 4.98 Å². The maximum absolute atomic E-state index is 14.1. The van der Waals surface area contributed by atoms with Crippen molar-refractivity contribution in [2.45, 2.75) is 6.54 Å². The molecule has 26 heavy (non-hydrogen) atoms. The van der Waals surface area contributed by atoms with Crippen LogP contribution in [-0.2, 0) is 6.54 Å². The molecule has 2 heterocycles. The lowest BCUT2D eigenvalue weighted by Crippen LogP contribution is -2.09. The minimum atomic E-state index is -1.78. The first-order chi connectivity index (χ1) is 12.5. The summed E-state index contributed by atoms with van der Waals surface area (Å²) in [4.78, 5) is 6.28. The molecule has 134 valence electrons. The second-order valence-corrected chi connectivity index (χ2v) is 5.11. The first-order valence-electron chi connectivity index (χ1n) is 7.26. The van der Waals surface area contributed by atoms with Crippen molar-refractivity contribution in [1.82, 2.24) is 9.97 Å². The molecule has 0 saturated carbocycles. The fourth-order valence-corrected chi connectivity index (χ4v) is 2.10. The van der Waals surface area contributed by atoms with E-state index in [0.29, 0.717) is 5.75 Å². The molecule has 0 amide bonds. The lowest BCUT2D eigenvalue weighted by molar-refractivity contribution is 0.410. The van der Waals surface area contributed by atoms with Gasteiger partial charge in [-0.05, 0) is 29.8 Å². The number of aromatic nitrogens is 2. The van der Waals surface area contributed by atoms with Gasteiger partial charge in [0, 0.05) is 12.7 Å². The Morgan fingerprint density at radius 3 is 2.31 bits per heavy atom. The quantitative estimate of drug-likeness (QED) is 0.530. The molecule has 0 atom stereocenters. The summed E-state index contributed by atoms with van der Waals surface area (Å²) < 4.78 is 72.6. The molecular formula is C17H10F5N3O. The van der Waals surface area contributed by atoms with Gasteiger partial charge in [0.05, 0.1) is 6.20 Å². The largest absolute Gasteiger partial charge is 0.453 e. The van der Waals surface area contributed by atoms with E-state index in [2.05, 4.69) is 15.3 Å². The van der Waals surface area contributed by atoms with Crippen LogP contribution in [0.5, 0.6) is 11.5 Å². The Hall–Kier alpha value is -3.23. The van der Waals surface area contributed by atoms with E-state index in [1.165, 1.54) is 24.5 Å². The zero-order chi connectivity index (χ0) is 18.7. The lowest BCUT2D eigenvalue weighted by atomic mass is 10.2. The molecule has 0 unspecified atom stereocenters. The van der Waals surface area contributed by atoms with Crippen molar-refractivity contribution in [3.8, 4) is 11.5 Å². The number of nitrogens with one attached hydrogen (secondary N) is 1. The average molecular weight is 367 g/mol. The van der Waals surface area contributed by atoms with Crippen LogP contribution in [0.2, 0.25) is 0 Å². The van der Waals surface area contributed by atoms with E-state index in [4.69, 9.17) is 4.74 Å². The molecule has 0 fully saturated rings. The highest BCUT2D eigenvalue weighted by atomic mass is 19.2. The highest BCUT2D eigenvalue weighted by molar-refractivity contribution is 5.46. The second-order valence-electron chi connectivity index (χ2n) is 5.11. The molecule has 3 rings (SSSR count). The van der Waals surface area contributed by atoms with Crippen molar-refractivity contribution in [3.63, 3.8) is 0 Å². The van der Waals surface area contributed by atoms with Crippen molar-refractivity contribution >= 4 is 5.69 Å². The summed E-state index contributed by atoms with van der Waals surface area (Å²) >= 11 is 0. The number of pyridine rings is 2. The van der Waals surface area contributed by atoms with Gasteiger partial charge in [-0.25, -0.2) is 4.39 Å². The molecule has 0 radical (unpaired) electrons. The highest BCUT2D eigenvalue weighted by Gasteiger charge is 2.20. The van der Waals surface area contributed by atoms with E-state index < -0.39 is 35.0 Å². The van der Waals surface area contributed by atoms with Crippen LogP contribution in [0, 0.1) is 29.3 Å². The Labute approximate surface area is 144 Å². The fourth-order valence-electron chi connectivity index (χ4n) is 2.10. The van der Waals surface area contributed by atoms with Crippen LogP contribution in [0.15, 0.2) is 42.7 Å². The molecule has 0 saturated heterocycles. The van der Waals surface area contributed by atoms with Crippen LogP contribution in [-0.4, -0.2) is 9.97 Å². The minimum absolute atomic E-state index is 0.0832. The second kappa shape index (κ2) is 7.34. The zero-order valence-electron chi connectivity index (χ0n) is 12.9. The Morgan fingerprint density at radius 2 is 1.69 bits per heavy atom. The maximum atomic E-state index is 14.1. The van der Waals surface area contributed by atoms with Gasteiger partial charge < -0.3 is 10.1 Å². The van der Waals surface area contributed by atoms with Gasteiger partial charge >= 0.3 is 0 Å². The third-order valence-corrected chi connectivity index (χ3v) is 3.33. The number of hydrogen-bond donors (Lipinski definition) is 1. The molecule has 0 aliphatic heterocycles. The van der Waals surface area contributed by atoms with Crippen LogP contribution >= 0.6 is 0 Å². The number of halogens is 5. The molecule has 0 spiro atoms. The Bertz CT molecular complexity index is 911. The van der Waals surface area contributed by atoms with E-state index >= 15 is 0 Å². The molecule has 4 nitrogen and oxygen atoms in total. The summed E-state index contributed by atoms with van der Waals surface area (Å²) in [5.41, 5.74) is -0.761. The van der Waals surface area contributed by atoms with Crippen LogP contribution in [0.1, 0.15) is 5.56 Å².